The molecule has 1 amide bonds. The van der Waals surface area contributed by atoms with Crippen LogP contribution in [0.5, 0.6) is 0 Å². The Labute approximate surface area is 186 Å². The lowest BCUT2D eigenvalue weighted by Crippen LogP contribution is -2.37. The number of esters is 1. The summed E-state index contributed by atoms with van der Waals surface area (Å²) in [5.74, 6) is -0.368. The van der Waals surface area contributed by atoms with Crippen LogP contribution in [0.25, 0.3) is 0 Å². The van der Waals surface area contributed by atoms with Gasteiger partial charge in [0.05, 0.1) is 12.7 Å². The number of methoxy groups -OCH3 is 1. The molecule has 0 atom stereocenters. The van der Waals surface area contributed by atoms with Gasteiger partial charge in [0.1, 0.15) is 5.00 Å². The number of hydrogen-bond donors (Lipinski definition) is 1. The largest absolute Gasteiger partial charge is 0.465 e. The Balaban J connectivity index is 1.38. The van der Waals surface area contributed by atoms with Crippen LogP contribution in [0.2, 0.25) is 5.02 Å². The molecule has 1 aromatic carbocycles. The minimum atomic E-state index is -0.346. The van der Waals surface area contributed by atoms with Crippen molar-refractivity contribution in [2.75, 3.05) is 25.5 Å². The molecule has 2 heterocycles. The van der Waals surface area contributed by atoms with Gasteiger partial charge in [-0.3, -0.25) is 9.69 Å². The molecule has 0 saturated carbocycles. The number of carbonyl (C=O) groups is 2. The lowest BCUT2D eigenvalue weighted by Gasteiger charge is -2.31. The maximum atomic E-state index is 13.0. The van der Waals surface area contributed by atoms with Crippen molar-refractivity contribution in [3.63, 3.8) is 0 Å². The van der Waals surface area contributed by atoms with Crippen LogP contribution < -0.4 is 5.32 Å². The Morgan fingerprint density at radius 2 is 2.00 bits per heavy atom. The van der Waals surface area contributed by atoms with Gasteiger partial charge in [0, 0.05) is 22.4 Å². The van der Waals surface area contributed by atoms with Crippen LogP contribution in [0, 0.1) is 5.92 Å². The molecule has 0 unspecified atom stereocenters. The number of benzene rings is 1. The molecular formula is C23H27ClN2O3S. The average Bonchev–Trinajstić information content (AvgIpc) is 3.11. The third kappa shape index (κ3) is 4.71. The van der Waals surface area contributed by atoms with Crippen molar-refractivity contribution in [3.05, 3.63) is 50.9 Å². The molecule has 2 aromatic rings. The molecular weight excluding hydrogens is 420 g/mol. The maximum Gasteiger partial charge on any atom is 0.341 e. The van der Waals surface area contributed by atoms with Crippen molar-refractivity contribution in [1.82, 2.24) is 4.90 Å². The molecule has 2 aliphatic rings. The fraction of sp³-hybridized carbons (Fsp3) is 0.478. The number of thiophene rings is 1. The summed E-state index contributed by atoms with van der Waals surface area (Å²) in [7, 11) is 1.40. The average molecular weight is 447 g/mol. The number of aryl methyl sites for hydroxylation is 1. The number of halogens is 1. The number of nitrogens with zero attached hydrogens (tertiary/aromatic N) is 1. The van der Waals surface area contributed by atoms with Gasteiger partial charge < -0.3 is 10.1 Å². The summed E-state index contributed by atoms with van der Waals surface area (Å²) in [6.45, 7) is 2.59. The molecule has 1 aliphatic carbocycles. The molecule has 1 N–H and O–H groups in total. The number of hydrogen-bond acceptors (Lipinski definition) is 5. The molecule has 0 bridgehead atoms. The van der Waals surface area contributed by atoms with Crippen molar-refractivity contribution in [1.29, 1.82) is 0 Å². The summed E-state index contributed by atoms with van der Waals surface area (Å²) < 4.78 is 5.01. The van der Waals surface area contributed by atoms with E-state index in [0.717, 1.165) is 68.7 Å². The summed E-state index contributed by atoms with van der Waals surface area (Å²) in [6, 6.07) is 7.93. The van der Waals surface area contributed by atoms with Crippen LogP contribution in [0.1, 0.15) is 52.0 Å². The molecule has 0 spiro atoms. The summed E-state index contributed by atoms with van der Waals surface area (Å²) in [6.07, 6.45) is 5.69. The highest BCUT2D eigenvalue weighted by molar-refractivity contribution is 7.17. The van der Waals surface area contributed by atoms with E-state index in [0.29, 0.717) is 10.6 Å². The Hall–Kier alpha value is -1.89. The van der Waals surface area contributed by atoms with Gasteiger partial charge in [0.25, 0.3) is 0 Å². The number of rotatable bonds is 5. The van der Waals surface area contributed by atoms with E-state index in [9.17, 15) is 9.59 Å². The molecule has 1 fully saturated rings. The van der Waals surface area contributed by atoms with Crippen molar-refractivity contribution in [2.45, 2.75) is 45.1 Å². The van der Waals surface area contributed by atoms with Gasteiger partial charge in [0.2, 0.25) is 5.91 Å². The Bertz CT molecular complexity index is 935. The van der Waals surface area contributed by atoms with Crippen molar-refractivity contribution in [2.24, 2.45) is 5.92 Å². The Morgan fingerprint density at radius 1 is 1.23 bits per heavy atom. The number of likely N-dealkylation sites (tertiary alicyclic amines) is 1. The fourth-order valence-electron chi connectivity index (χ4n) is 4.43. The first kappa shape index (κ1) is 21.3. The van der Waals surface area contributed by atoms with E-state index in [4.69, 9.17) is 16.3 Å². The molecule has 1 aliphatic heterocycles. The van der Waals surface area contributed by atoms with Gasteiger partial charge in [0.15, 0.2) is 0 Å². The van der Waals surface area contributed by atoms with E-state index in [-0.39, 0.29) is 17.8 Å². The summed E-state index contributed by atoms with van der Waals surface area (Å²) in [5.41, 5.74) is 2.84. The van der Waals surface area contributed by atoms with E-state index in [1.54, 1.807) is 11.3 Å². The van der Waals surface area contributed by atoms with Gasteiger partial charge >= 0.3 is 5.97 Å². The van der Waals surface area contributed by atoms with E-state index in [1.165, 1.54) is 17.6 Å². The Morgan fingerprint density at radius 3 is 2.73 bits per heavy atom. The first-order valence-electron chi connectivity index (χ1n) is 10.6. The molecule has 160 valence electrons. The number of amides is 1. The lowest BCUT2D eigenvalue weighted by molar-refractivity contribution is -0.121. The van der Waals surface area contributed by atoms with Gasteiger partial charge in [-0.2, -0.15) is 0 Å². The van der Waals surface area contributed by atoms with Crippen LogP contribution in [-0.2, 0) is 28.9 Å². The van der Waals surface area contributed by atoms with Gasteiger partial charge in [-0.25, -0.2) is 4.79 Å². The van der Waals surface area contributed by atoms with E-state index < -0.39 is 0 Å². The quantitative estimate of drug-likeness (QED) is 0.662. The molecule has 0 radical (unpaired) electrons. The minimum Gasteiger partial charge on any atom is -0.465 e. The monoisotopic (exact) mass is 446 g/mol. The van der Waals surface area contributed by atoms with Crippen molar-refractivity contribution < 1.29 is 14.3 Å². The molecule has 5 nitrogen and oxygen atoms in total. The molecule has 7 heteroatoms. The zero-order chi connectivity index (χ0) is 21.1. The summed E-state index contributed by atoms with van der Waals surface area (Å²) in [5, 5.41) is 4.49. The van der Waals surface area contributed by atoms with Gasteiger partial charge in [-0.15, -0.1) is 11.3 Å². The van der Waals surface area contributed by atoms with Crippen molar-refractivity contribution >= 4 is 39.8 Å². The third-order valence-electron chi connectivity index (χ3n) is 6.05. The number of fused-ring (bicyclic) bond motifs is 1. The van der Waals surface area contributed by atoms with Crippen LogP contribution in [0.4, 0.5) is 5.00 Å². The number of anilines is 1. The summed E-state index contributed by atoms with van der Waals surface area (Å²) in [4.78, 5) is 28.9. The SMILES string of the molecule is COC(=O)c1c(NC(=O)C2CCN(Cc3cccc(Cl)c3)CC2)sc2c1CCCC2. The third-order valence-corrected chi connectivity index (χ3v) is 7.49. The van der Waals surface area contributed by atoms with E-state index in [2.05, 4.69) is 16.3 Å². The predicted octanol–water partition coefficient (Wildman–Crippen LogP) is 4.92. The van der Waals surface area contributed by atoms with E-state index >= 15 is 0 Å². The van der Waals surface area contributed by atoms with Crippen LogP contribution in [-0.4, -0.2) is 37.0 Å². The zero-order valence-corrected chi connectivity index (χ0v) is 18.8. The molecule has 4 rings (SSSR count). The first-order chi connectivity index (χ1) is 14.5. The van der Waals surface area contributed by atoms with Gasteiger partial charge in [-0.05, 0) is 74.9 Å². The second-order valence-electron chi connectivity index (χ2n) is 8.08. The number of carbonyl (C=O) groups excluding carboxylic acids is 2. The maximum absolute atomic E-state index is 13.0. The predicted molar refractivity (Wildman–Crippen MR) is 120 cm³/mol. The molecule has 1 aromatic heterocycles. The second-order valence-corrected chi connectivity index (χ2v) is 9.62. The van der Waals surface area contributed by atoms with Crippen LogP contribution >= 0.6 is 22.9 Å². The van der Waals surface area contributed by atoms with E-state index in [1.807, 2.05) is 18.2 Å². The highest BCUT2D eigenvalue weighted by Crippen LogP contribution is 2.39. The van der Waals surface area contributed by atoms with Gasteiger partial charge in [-0.1, -0.05) is 23.7 Å². The normalized spacial score (nSPS) is 17.4. The Kier molecular flexibility index (Phi) is 6.76. The zero-order valence-electron chi connectivity index (χ0n) is 17.2. The fourth-order valence-corrected chi connectivity index (χ4v) is 5.93. The topological polar surface area (TPSA) is 58.6 Å². The first-order valence-corrected chi connectivity index (χ1v) is 11.7. The number of piperidine rings is 1. The second kappa shape index (κ2) is 9.50. The molecule has 1 saturated heterocycles. The van der Waals surface area contributed by atoms with Crippen molar-refractivity contribution in [3.8, 4) is 0 Å². The highest BCUT2D eigenvalue weighted by Gasteiger charge is 2.30. The van der Waals surface area contributed by atoms with Crippen LogP contribution in [0.15, 0.2) is 24.3 Å². The summed E-state index contributed by atoms with van der Waals surface area (Å²) >= 11 is 7.63. The van der Waals surface area contributed by atoms with Crippen LogP contribution in [0.3, 0.4) is 0 Å². The number of nitrogens with one attached hydrogen (secondary N) is 1. The highest BCUT2D eigenvalue weighted by atomic mass is 35.5. The smallest absolute Gasteiger partial charge is 0.341 e. The minimum absolute atomic E-state index is 0.0150. The molecule has 30 heavy (non-hydrogen) atoms. The lowest BCUT2D eigenvalue weighted by atomic mass is 9.94. The standard InChI is InChI=1S/C23H27ClN2O3S/c1-29-23(28)20-18-7-2-3-8-19(18)30-22(20)25-21(27)16-9-11-26(12-10-16)14-15-5-4-6-17(24)13-15/h4-6,13,16H,2-3,7-12,14H2,1H3,(H,25,27). The number of ether oxygens (including phenoxy) is 1.